The monoisotopic (exact) mass is 282 g/mol. The molecule has 0 bridgehead atoms. The molecule has 2 aromatic rings. The lowest BCUT2D eigenvalue weighted by Gasteiger charge is -2.24. The summed E-state index contributed by atoms with van der Waals surface area (Å²) < 4.78 is 26.7. The minimum Gasteiger partial charge on any atom is -0.385 e. The zero-order valence-electron chi connectivity index (χ0n) is 10.3. The molecule has 100 valence electrons. The van der Waals surface area contributed by atoms with Crippen LogP contribution < -0.4 is 0 Å². The Bertz CT molecular complexity index is 596. The third kappa shape index (κ3) is 3.11. The first-order chi connectivity index (χ1) is 8.90. The molecule has 0 spiro atoms. The normalized spacial score (nSPS) is 14.2. The first-order valence-corrected chi connectivity index (χ1v) is 6.19. The number of halogens is 3. The topological polar surface area (TPSA) is 20.2 Å². The Hall–Kier alpha value is -1.45. The maximum atomic E-state index is 13.7. The van der Waals surface area contributed by atoms with Gasteiger partial charge in [-0.1, -0.05) is 35.9 Å². The van der Waals surface area contributed by atoms with Crippen molar-refractivity contribution < 1.29 is 13.9 Å². The highest BCUT2D eigenvalue weighted by molar-refractivity contribution is 6.30. The summed E-state index contributed by atoms with van der Waals surface area (Å²) in [7, 11) is 0. The van der Waals surface area contributed by atoms with Gasteiger partial charge < -0.3 is 5.11 Å². The van der Waals surface area contributed by atoms with E-state index in [1.165, 1.54) is 37.3 Å². The molecule has 0 aliphatic carbocycles. The van der Waals surface area contributed by atoms with Gasteiger partial charge in [0.1, 0.15) is 11.6 Å². The van der Waals surface area contributed by atoms with E-state index in [0.717, 1.165) is 0 Å². The van der Waals surface area contributed by atoms with Gasteiger partial charge in [0.25, 0.3) is 0 Å². The summed E-state index contributed by atoms with van der Waals surface area (Å²) in [6.45, 7) is 1.52. The molecule has 0 amide bonds. The van der Waals surface area contributed by atoms with Gasteiger partial charge in [0.05, 0.1) is 10.6 Å². The summed E-state index contributed by atoms with van der Waals surface area (Å²) in [5, 5.41) is 10.4. The summed E-state index contributed by atoms with van der Waals surface area (Å²) in [4.78, 5) is 0. The molecule has 0 saturated carbocycles. The van der Waals surface area contributed by atoms with Crippen LogP contribution in [0.5, 0.6) is 0 Å². The summed E-state index contributed by atoms with van der Waals surface area (Å²) in [5.74, 6) is -0.989. The fraction of sp³-hybridized carbons (Fsp3) is 0.200. The van der Waals surface area contributed by atoms with Crippen molar-refractivity contribution in [3.8, 4) is 0 Å². The number of hydrogen-bond acceptors (Lipinski definition) is 1. The Kier molecular flexibility index (Phi) is 3.88. The van der Waals surface area contributed by atoms with Gasteiger partial charge in [0.15, 0.2) is 0 Å². The second kappa shape index (κ2) is 5.27. The van der Waals surface area contributed by atoms with Crippen molar-refractivity contribution in [1.82, 2.24) is 0 Å². The van der Waals surface area contributed by atoms with E-state index < -0.39 is 17.2 Å². The van der Waals surface area contributed by atoms with Crippen molar-refractivity contribution in [2.45, 2.75) is 18.9 Å². The molecule has 1 nitrogen and oxygen atoms in total. The SMILES string of the molecule is CC(O)(Cc1ccc(F)c(Cl)c1)c1ccccc1F. The van der Waals surface area contributed by atoms with Crippen LogP contribution in [-0.4, -0.2) is 5.11 Å². The molecular formula is C15H13ClF2O. The first-order valence-electron chi connectivity index (χ1n) is 5.81. The quantitative estimate of drug-likeness (QED) is 0.900. The first kappa shape index (κ1) is 14.0. The fourth-order valence-corrected chi connectivity index (χ4v) is 2.24. The van der Waals surface area contributed by atoms with Crippen molar-refractivity contribution in [2.75, 3.05) is 0 Å². The number of aliphatic hydroxyl groups is 1. The van der Waals surface area contributed by atoms with Crippen LogP contribution >= 0.6 is 11.6 Å². The molecule has 0 aliphatic heterocycles. The highest BCUT2D eigenvalue weighted by Gasteiger charge is 2.26. The number of rotatable bonds is 3. The molecule has 1 N–H and O–H groups in total. The van der Waals surface area contributed by atoms with Crippen molar-refractivity contribution >= 4 is 11.6 Å². The summed E-state index contributed by atoms with van der Waals surface area (Å²) in [5.41, 5.74) is -0.540. The van der Waals surface area contributed by atoms with Gasteiger partial charge in [0.2, 0.25) is 0 Å². The molecule has 1 atom stereocenters. The zero-order chi connectivity index (χ0) is 14.0. The van der Waals surface area contributed by atoms with Crippen LogP contribution in [0.15, 0.2) is 42.5 Å². The smallest absolute Gasteiger partial charge is 0.141 e. The molecule has 0 fully saturated rings. The Morgan fingerprint density at radius 1 is 1.11 bits per heavy atom. The lowest BCUT2D eigenvalue weighted by atomic mass is 9.89. The molecule has 0 radical (unpaired) electrons. The van der Waals surface area contributed by atoms with E-state index >= 15 is 0 Å². The van der Waals surface area contributed by atoms with Crippen LogP contribution in [0.4, 0.5) is 8.78 Å². The van der Waals surface area contributed by atoms with Gasteiger partial charge in [-0.2, -0.15) is 0 Å². The van der Waals surface area contributed by atoms with E-state index in [4.69, 9.17) is 11.6 Å². The Morgan fingerprint density at radius 2 is 1.79 bits per heavy atom. The minimum absolute atomic E-state index is 0.0122. The second-order valence-electron chi connectivity index (χ2n) is 4.68. The van der Waals surface area contributed by atoms with Crippen LogP contribution in [0.1, 0.15) is 18.1 Å². The van der Waals surface area contributed by atoms with Crippen molar-refractivity contribution in [1.29, 1.82) is 0 Å². The average Bonchev–Trinajstić information content (AvgIpc) is 2.34. The van der Waals surface area contributed by atoms with Gasteiger partial charge in [-0.15, -0.1) is 0 Å². The molecule has 0 aromatic heterocycles. The van der Waals surface area contributed by atoms with Crippen molar-refractivity contribution in [3.05, 3.63) is 70.2 Å². The van der Waals surface area contributed by atoms with Gasteiger partial charge >= 0.3 is 0 Å². The number of benzene rings is 2. The number of hydrogen-bond donors (Lipinski definition) is 1. The highest BCUT2D eigenvalue weighted by Crippen LogP contribution is 2.28. The Labute approximate surface area is 115 Å². The van der Waals surface area contributed by atoms with Gasteiger partial charge in [-0.3, -0.25) is 0 Å². The Balaban J connectivity index is 2.31. The third-order valence-electron chi connectivity index (χ3n) is 2.99. The molecule has 2 aromatic carbocycles. The van der Waals surface area contributed by atoms with Crippen LogP contribution in [0, 0.1) is 11.6 Å². The predicted molar refractivity (Wildman–Crippen MR) is 71.1 cm³/mol. The maximum Gasteiger partial charge on any atom is 0.141 e. The van der Waals surface area contributed by atoms with Gasteiger partial charge in [-0.25, -0.2) is 8.78 Å². The van der Waals surface area contributed by atoms with E-state index in [1.807, 2.05) is 0 Å². The van der Waals surface area contributed by atoms with Crippen molar-refractivity contribution in [2.24, 2.45) is 0 Å². The minimum atomic E-state index is -1.38. The van der Waals surface area contributed by atoms with E-state index in [2.05, 4.69) is 0 Å². The van der Waals surface area contributed by atoms with E-state index in [1.54, 1.807) is 12.1 Å². The molecule has 19 heavy (non-hydrogen) atoms. The molecule has 0 saturated heterocycles. The lowest BCUT2D eigenvalue weighted by molar-refractivity contribution is 0.0538. The maximum absolute atomic E-state index is 13.7. The molecule has 4 heteroatoms. The lowest BCUT2D eigenvalue weighted by Crippen LogP contribution is -2.25. The second-order valence-corrected chi connectivity index (χ2v) is 5.09. The van der Waals surface area contributed by atoms with E-state index in [9.17, 15) is 13.9 Å². The van der Waals surface area contributed by atoms with E-state index in [0.29, 0.717) is 5.56 Å². The van der Waals surface area contributed by atoms with Crippen LogP contribution in [0.2, 0.25) is 5.02 Å². The zero-order valence-corrected chi connectivity index (χ0v) is 11.1. The molecule has 2 rings (SSSR count). The fourth-order valence-electron chi connectivity index (χ4n) is 2.04. The summed E-state index contributed by atoms with van der Waals surface area (Å²) in [6, 6.07) is 10.2. The van der Waals surface area contributed by atoms with Gasteiger partial charge in [0, 0.05) is 12.0 Å². The van der Waals surface area contributed by atoms with Crippen LogP contribution in [-0.2, 0) is 12.0 Å². The summed E-state index contributed by atoms with van der Waals surface area (Å²) >= 11 is 5.69. The largest absolute Gasteiger partial charge is 0.385 e. The molecule has 0 aliphatic rings. The standard InChI is InChI=1S/C15H13ClF2O/c1-15(19,11-4-2-3-5-13(11)17)9-10-6-7-14(18)12(16)8-10/h2-8,19H,9H2,1H3. The van der Waals surface area contributed by atoms with Gasteiger partial charge in [-0.05, 0) is 30.7 Å². The van der Waals surface area contributed by atoms with Crippen LogP contribution in [0.3, 0.4) is 0 Å². The van der Waals surface area contributed by atoms with E-state index in [-0.39, 0.29) is 17.0 Å². The summed E-state index contributed by atoms with van der Waals surface area (Å²) in [6.07, 6.45) is 0.147. The average molecular weight is 283 g/mol. The Morgan fingerprint density at radius 3 is 2.42 bits per heavy atom. The third-order valence-corrected chi connectivity index (χ3v) is 3.28. The predicted octanol–water partition coefficient (Wildman–Crippen LogP) is 4.07. The van der Waals surface area contributed by atoms with Crippen molar-refractivity contribution in [3.63, 3.8) is 0 Å². The molecule has 1 unspecified atom stereocenters. The molecular weight excluding hydrogens is 270 g/mol. The highest BCUT2D eigenvalue weighted by atomic mass is 35.5. The molecule has 0 heterocycles. The van der Waals surface area contributed by atoms with Crippen LogP contribution in [0.25, 0.3) is 0 Å².